The van der Waals surface area contributed by atoms with Crippen LogP contribution in [-0.2, 0) is 22.2 Å². The van der Waals surface area contributed by atoms with Crippen molar-refractivity contribution in [3.8, 4) is 11.5 Å². The third-order valence-corrected chi connectivity index (χ3v) is 4.78. The van der Waals surface area contributed by atoms with Gasteiger partial charge in [0.05, 0.1) is 19.2 Å². The molecular weight excluding hydrogens is 441 g/mol. The summed E-state index contributed by atoms with van der Waals surface area (Å²) >= 11 is 0. The topological polar surface area (TPSA) is 87.6 Å². The Labute approximate surface area is 189 Å². The molecule has 0 saturated heterocycles. The molecule has 0 radical (unpaired) electrons. The number of nitrogens with zero attached hydrogens (tertiary/aromatic N) is 3. The summed E-state index contributed by atoms with van der Waals surface area (Å²) in [6, 6.07) is 5.96. The van der Waals surface area contributed by atoms with Gasteiger partial charge in [0.2, 0.25) is 0 Å². The monoisotopic (exact) mass is 466 g/mol. The summed E-state index contributed by atoms with van der Waals surface area (Å²) in [5, 5.41) is 3.72. The van der Waals surface area contributed by atoms with Crippen molar-refractivity contribution in [3.05, 3.63) is 47.5 Å². The lowest BCUT2D eigenvalue weighted by atomic mass is 10.2. The number of hydrogen-bond acceptors (Lipinski definition) is 8. The Morgan fingerprint density at radius 3 is 2.48 bits per heavy atom. The minimum Gasteiger partial charge on any atom is -0.493 e. The van der Waals surface area contributed by atoms with E-state index in [9.17, 15) is 13.2 Å². The molecule has 2 aromatic heterocycles. The minimum absolute atomic E-state index is 0.110. The third-order valence-electron chi connectivity index (χ3n) is 4.78. The van der Waals surface area contributed by atoms with Gasteiger partial charge in [-0.05, 0) is 30.7 Å². The van der Waals surface area contributed by atoms with Gasteiger partial charge in [0.15, 0.2) is 11.5 Å². The van der Waals surface area contributed by atoms with E-state index < -0.39 is 11.9 Å². The van der Waals surface area contributed by atoms with Gasteiger partial charge in [0.25, 0.3) is 0 Å². The van der Waals surface area contributed by atoms with Crippen molar-refractivity contribution in [2.45, 2.75) is 25.7 Å². The van der Waals surface area contributed by atoms with Crippen LogP contribution in [0.5, 0.6) is 11.5 Å². The van der Waals surface area contributed by atoms with Gasteiger partial charge in [-0.2, -0.15) is 13.2 Å². The highest BCUT2D eigenvalue weighted by Crippen LogP contribution is 2.35. The zero-order valence-corrected chi connectivity index (χ0v) is 18.7. The maximum Gasteiger partial charge on any atom is 0.433 e. The molecular formula is C22H25F3N4O4. The van der Waals surface area contributed by atoms with Crippen molar-refractivity contribution in [2.75, 3.05) is 39.9 Å². The van der Waals surface area contributed by atoms with Crippen LogP contribution < -0.4 is 14.8 Å². The summed E-state index contributed by atoms with van der Waals surface area (Å²) in [5.74, 6) is 1.87. The Hall–Kier alpha value is -3.18. The summed E-state index contributed by atoms with van der Waals surface area (Å²) in [6.07, 6.45) is -3.66. The highest BCUT2D eigenvalue weighted by atomic mass is 19.4. The molecule has 1 atom stereocenters. The fraction of sp³-hybridized carbons (Fsp3) is 0.409. The maximum atomic E-state index is 13.0. The summed E-state index contributed by atoms with van der Waals surface area (Å²) in [6.45, 7) is 2.41. The van der Waals surface area contributed by atoms with Crippen molar-refractivity contribution < 1.29 is 32.1 Å². The molecule has 0 fully saturated rings. The number of aromatic nitrogens is 3. The first-order valence-electron chi connectivity index (χ1n) is 10.0. The van der Waals surface area contributed by atoms with Crippen molar-refractivity contribution in [1.82, 2.24) is 15.0 Å². The number of ether oxygens (including phenoxy) is 4. The standard InChI is InChI=1S/C22H25F3N4O4/c1-13-28-17-9-18(32-4)19(33-12-15(31-3)11-30-2)8-16(17)21(29-13)27-10-14-5-6-26-20(7-14)22(23,24)25/h5-9,15H,10-12H2,1-4H3,(H,27,28,29). The van der Waals surface area contributed by atoms with Crippen LogP contribution in [0, 0.1) is 6.92 Å². The lowest BCUT2D eigenvalue weighted by Gasteiger charge is -2.18. The highest BCUT2D eigenvalue weighted by molar-refractivity contribution is 5.91. The molecule has 0 amide bonds. The van der Waals surface area contributed by atoms with Crippen LogP contribution in [0.25, 0.3) is 10.9 Å². The van der Waals surface area contributed by atoms with Crippen molar-refractivity contribution in [2.24, 2.45) is 0 Å². The van der Waals surface area contributed by atoms with E-state index >= 15 is 0 Å². The summed E-state index contributed by atoms with van der Waals surface area (Å²) in [4.78, 5) is 12.2. The molecule has 1 N–H and O–H groups in total. The van der Waals surface area contributed by atoms with Crippen LogP contribution in [0.1, 0.15) is 17.1 Å². The smallest absolute Gasteiger partial charge is 0.433 e. The first kappa shape index (κ1) is 24.5. The number of rotatable bonds is 10. The van der Waals surface area contributed by atoms with Crippen LogP contribution in [0.15, 0.2) is 30.5 Å². The number of pyridine rings is 1. The van der Waals surface area contributed by atoms with Gasteiger partial charge in [0.1, 0.15) is 30.0 Å². The second kappa shape index (κ2) is 10.6. The van der Waals surface area contributed by atoms with E-state index in [0.29, 0.717) is 46.2 Å². The van der Waals surface area contributed by atoms with Gasteiger partial charge in [-0.1, -0.05) is 0 Å². The molecule has 1 unspecified atom stereocenters. The second-order valence-corrected chi connectivity index (χ2v) is 7.16. The van der Waals surface area contributed by atoms with E-state index in [4.69, 9.17) is 18.9 Å². The van der Waals surface area contributed by atoms with Gasteiger partial charge in [-0.3, -0.25) is 4.98 Å². The van der Waals surface area contributed by atoms with Gasteiger partial charge < -0.3 is 24.3 Å². The van der Waals surface area contributed by atoms with Gasteiger partial charge >= 0.3 is 6.18 Å². The van der Waals surface area contributed by atoms with Crippen molar-refractivity contribution in [3.63, 3.8) is 0 Å². The van der Waals surface area contributed by atoms with E-state index in [0.717, 1.165) is 12.3 Å². The number of alkyl halides is 3. The molecule has 0 spiro atoms. The zero-order chi connectivity index (χ0) is 24.0. The fourth-order valence-electron chi connectivity index (χ4n) is 3.14. The molecule has 0 aliphatic rings. The second-order valence-electron chi connectivity index (χ2n) is 7.16. The maximum absolute atomic E-state index is 13.0. The number of hydrogen-bond donors (Lipinski definition) is 1. The molecule has 2 heterocycles. The number of aryl methyl sites for hydroxylation is 1. The van der Waals surface area contributed by atoms with Gasteiger partial charge in [0, 0.05) is 38.4 Å². The van der Waals surface area contributed by atoms with E-state index in [2.05, 4.69) is 20.3 Å². The lowest BCUT2D eigenvalue weighted by molar-refractivity contribution is -0.141. The summed E-state index contributed by atoms with van der Waals surface area (Å²) < 4.78 is 60.7. The van der Waals surface area contributed by atoms with E-state index in [-0.39, 0.29) is 19.3 Å². The first-order chi connectivity index (χ1) is 15.7. The SMILES string of the molecule is COCC(COc1cc2c(NCc3ccnc(C(F)(F)F)c3)nc(C)nc2cc1OC)OC. The Morgan fingerprint density at radius 1 is 1.03 bits per heavy atom. The summed E-state index contributed by atoms with van der Waals surface area (Å²) in [7, 11) is 4.65. The Bertz CT molecular complexity index is 1100. The molecule has 1 aromatic carbocycles. The first-order valence-corrected chi connectivity index (χ1v) is 10.0. The molecule has 0 aliphatic heterocycles. The molecule has 0 bridgehead atoms. The molecule has 3 rings (SSSR count). The number of methoxy groups -OCH3 is 3. The summed E-state index contributed by atoms with van der Waals surface area (Å²) in [5.41, 5.74) is 0.0593. The molecule has 0 aliphatic carbocycles. The molecule has 11 heteroatoms. The Kier molecular flexibility index (Phi) is 7.88. The molecule has 178 valence electrons. The zero-order valence-electron chi connectivity index (χ0n) is 18.7. The predicted octanol–water partition coefficient (Wildman–Crippen LogP) is 4.01. The van der Waals surface area contributed by atoms with Crippen LogP contribution in [-0.4, -0.2) is 55.6 Å². The average Bonchev–Trinajstić information content (AvgIpc) is 2.79. The number of halogens is 3. The molecule has 0 saturated carbocycles. The van der Waals surface area contributed by atoms with E-state index in [1.165, 1.54) is 13.2 Å². The Balaban J connectivity index is 1.90. The molecule has 3 aromatic rings. The quantitative estimate of drug-likeness (QED) is 0.480. The van der Waals surface area contributed by atoms with E-state index in [1.54, 1.807) is 33.3 Å². The van der Waals surface area contributed by atoms with Crippen LogP contribution >= 0.6 is 0 Å². The van der Waals surface area contributed by atoms with Crippen molar-refractivity contribution in [1.29, 1.82) is 0 Å². The normalized spacial score (nSPS) is 12.6. The average molecular weight is 466 g/mol. The van der Waals surface area contributed by atoms with Crippen LogP contribution in [0.4, 0.5) is 19.0 Å². The number of fused-ring (bicyclic) bond motifs is 1. The van der Waals surface area contributed by atoms with E-state index in [1.807, 2.05) is 0 Å². The minimum atomic E-state index is -4.51. The highest BCUT2D eigenvalue weighted by Gasteiger charge is 2.32. The van der Waals surface area contributed by atoms with Gasteiger partial charge in [-0.15, -0.1) is 0 Å². The van der Waals surface area contributed by atoms with Crippen molar-refractivity contribution >= 4 is 16.7 Å². The predicted molar refractivity (Wildman–Crippen MR) is 116 cm³/mol. The molecule has 33 heavy (non-hydrogen) atoms. The lowest BCUT2D eigenvalue weighted by Crippen LogP contribution is -2.25. The largest absolute Gasteiger partial charge is 0.493 e. The third kappa shape index (κ3) is 6.20. The number of anilines is 1. The Morgan fingerprint density at radius 2 is 1.82 bits per heavy atom. The fourth-order valence-corrected chi connectivity index (χ4v) is 3.14. The number of benzene rings is 1. The molecule has 8 nitrogen and oxygen atoms in total. The number of nitrogens with one attached hydrogen (secondary N) is 1. The van der Waals surface area contributed by atoms with Gasteiger partial charge in [-0.25, -0.2) is 9.97 Å². The van der Waals surface area contributed by atoms with Crippen LogP contribution in [0.3, 0.4) is 0 Å². The van der Waals surface area contributed by atoms with Crippen LogP contribution in [0.2, 0.25) is 0 Å².